The molecule has 0 aromatic rings. The number of fused-ring (bicyclic) bond motifs is 3. The molecular formula is C23H37NO3S. The van der Waals surface area contributed by atoms with Gasteiger partial charge in [-0.25, -0.2) is 8.42 Å². The third kappa shape index (κ3) is 4.10. The first-order chi connectivity index (χ1) is 12.9. The third-order valence-electron chi connectivity index (χ3n) is 8.17. The fraction of sp³-hybridized carbons (Fsp3) is 0.783. The lowest BCUT2D eigenvalue weighted by Gasteiger charge is -2.59. The highest BCUT2D eigenvalue weighted by Crippen LogP contribution is 2.64. The molecule has 5 heteroatoms. The first kappa shape index (κ1) is 21.6. The Balaban J connectivity index is 1.79. The number of hydrogen-bond donors (Lipinski definition) is 1. The van der Waals surface area contributed by atoms with Crippen molar-refractivity contribution in [3.63, 3.8) is 0 Å². The highest BCUT2D eigenvalue weighted by atomic mass is 32.2. The van der Waals surface area contributed by atoms with Crippen LogP contribution in [0.25, 0.3) is 0 Å². The minimum absolute atomic E-state index is 0.0901. The summed E-state index contributed by atoms with van der Waals surface area (Å²) < 4.78 is 24.8. The van der Waals surface area contributed by atoms with Crippen molar-refractivity contribution in [2.24, 2.45) is 28.1 Å². The summed E-state index contributed by atoms with van der Waals surface area (Å²) in [4.78, 5) is 12.1. The predicted molar refractivity (Wildman–Crippen MR) is 114 cm³/mol. The van der Waals surface area contributed by atoms with E-state index >= 15 is 0 Å². The van der Waals surface area contributed by atoms with E-state index in [-0.39, 0.29) is 28.6 Å². The molecule has 0 radical (unpaired) electrons. The van der Waals surface area contributed by atoms with E-state index < -0.39 is 10.0 Å². The molecule has 1 N–H and O–H groups in total. The van der Waals surface area contributed by atoms with Crippen LogP contribution in [-0.4, -0.2) is 20.6 Å². The van der Waals surface area contributed by atoms with Crippen molar-refractivity contribution in [2.75, 3.05) is 6.26 Å². The molecule has 0 aromatic heterocycles. The summed E-state index contributed by atoms with van der Waals surface area (Å²) in [6, 6.07) is 0. The van der Waals surface area contributed by atoms with E-state index in [1.54, 1.807) is 5.57 Å². The molecular weight excluding hydrogens is 370 g/mol. The molecule has 3 aliphatic rings. The Bertz CT molecular complexity index is 786. The molecule has 1 amide bonds. The van der Waals surface area contributed by atoms with Crippen LogP contribution in [0.2, 0.25) is 0 Å². The largest absolute Gasteiger partial charge is 0.274 e. The van der Waals surface area contributed by atoms with Gasteiger partial charge in [0.25, 0.3) is 0 Å². The van der Waals surface area contributed by atoms with Gasteiger partial charge in [-0.15, -0.1) is 6.58 Å². The maximum Gasteiger partial charge on any atom is 0.233 e. The molecule has 4 nitrogen and oxygen atoms in total. The Kier molecular flexibility index (Phi) is 5.63. The van der Waals surface area contributed by atoms with Crippen molar-refractivity contribution < 1.29 is 13.2 Å². The SMILES string of the molecule is C=C[C@@]1(C)CC=C2C(CCC3[C@](C)(CCC(=O)NS(C)(=O)=O)CCC[C@@]23C)C1. The van der Waals surface area contributed by atoms with Gasteiger partial charge in [-0.05, 0) is 73.0 Å². The lowest BCUT2D eigenvalue weighted by Crippen LogP contribution is -2.50. The Morgan fingerprint density at radius 2 is 2.00 bits per heavy atom. The van der Waals surface area contributed by atoms with Crippen molar-refractivity contribution in [2.45, 2.75) is 78.6 Å². The fourth-order valence-corrected chi connectivity index (χ4v) is 7.22. The van der Waals surface area contributed by atoms with Gasteiger partial charge in [0.05, 0.1) is 6.26 Å². The molecule has 0 bridgehead atoms. The van der Waals surface area contributed by atoms with Crippen molar-refractivity contribution >= 4 is 15.9 Å². The monoisotopic (exact) mass is 407 g/mol. The van der Waals surface area contributed by atoms with Crippen LogP contribution in [-0.2, 0) is 14.8 Å². The number of allylic oxidation sites excluding steroid dienone is 3. The summed E-state index contributed by atoms with van der Waals surface area (Å²) >= 11 is 0. The molecule has 0 saturated heterocycles. The highest BCUT2D eigenvalue weighted by molar-refractivity contribution is 7.89. The molecule has 2 fully saturated rings. The Hall–Kier alpha value is -1.10. The summed E-state index contributed by atoms with van der Waals surface area (Å²) in [7, 11) is -3.48. The van der Waals surface area contributed by atoms with Crippen LogP contribution in [0.5, 0.6) is 0 Å². The molecule has 3 aliphatic carbocycles. The number of carbonyl (C=O) groups is 1. The van der Waals surface area contributed by atoms with E-state index in [0.717, 1.165) is 25.5 Å². The topological polar surface area (TPSA) is 63.2 Å². The van der Waals surface area contributed by atoms with Gasteiger partial charge in [0.15, 0.2) is 0 Å². The predicted octanol–water partition coefficient (Wildman–Crippen LogP) is 4.98. The second-order valence-corrected chi connectivity index (χ2v) is 12.2. The quantitative estimate of drug-likeness (QED) is 0.654. The van der Waals surface area contributed by atoms with Gasteiger partial charge >= 0.3 is 0 Å². The van der Waals surface area contributed by atoms with E-state index in [9.17, 15) is 13.2 Å². The minimum Gasteiger partial charge on any atom is -0.274 e. The van der Waals surface area contributed by atoms with Crippen LogP contribution in [0, 0.1) is 28.1 Å². The standard InChI is InChI=1S/C23H37NO3S/c1-6-21(2)14-10-18-17(16-21)8-9-19-22(3,12-7-13-23(18,19)4)15-11-20(25)24-28(5,26)27/h6,10,17,19H,1,7-9,11-16H2,2-5H3,(H,24,25)/t17?,19?,21-,22-,23-/m0/s1. The van der Waals surface area contributed by atoms with E-state index in [4.69, 9.17) is 0 Å². The van der Waals surface area contributed by atoms with Crippen molar-refractivity contribution in [3.05, 3.63) is 24.3 Å². The van der Waals surface area contributed by atoms with Crippen LogP contribution < -0.4 is 4.72 Å². The normalized spacial score (nSPS) is 40.6. The minimum atomic E-state index is -3.48. The zero-order valence-electron chi connectivity index (χ0n) is 18.0. The molecule has 2 saturated carbocycles. The molecule has 0 spiro atoms. The summed E-state index contributed by atoms with van der Waals surface area (Å²) in [5, 5.41) is 0. The van der Waals surface area contributed by atoms with Crippen LogP contribution in [0.15, 0.2) is 24.3 Å². The zero-order valence-corrected chi connectivity index (χ0v) is 18.8. The van der Waals surface area contributed by atoms with Gasteiger partial charge in [-0.3, -0.25) is 9.52 Å². The molecule has 5 atom stereocenters. The van der Waals surface area contributed by atoms with Gasteiger partial charge in [0.1, 0.15) is 0 Å². The number of nitrogens with one attached hydrogen (secondary N) is 1. The van der Waals surface area contributed by atoms with Crippen molar-refractivity contribution in [3.8, 4) is 0 Å². The van der Waals surface area contributed by atoms with Gasteiger partial charge in [-0.1, -0.05) is 44.9 Å². The van der Waals surface area contributed by atoms with Gasteiger partial charge in [0, 0.05) is 6.42 Å². The Morgan fingerprint density at radius 3 is 2.64 bits per heavy atom. The summed E-state index contributed by atoms with van der Waals surface area (Å²) in [5.74, 6) is 0.854. The Morgan fingerprint density at radius 1 is 1.29 bits per heavy atom. The zero-order chi connectivity index (χ0) is 20.8. The van der Waals surface area contributed by atoms with E-state index in [2.05, 4.69) is 44.2 Å². The van der Waals surface area contributed by atoms with E-state index in [1.807, 2.05) is 0 Å². The van der Waals surface area contributed by atoms with Crippen LogP contribution in [0.4, 0.5) is 0 Å². The number of carbonyl (C=O) groups excluding carboxylic acids is 1. The first-order valence-corrected chi connectivity index (χ1v) is 12.6. The second kappa shape index (κ2) is 7.30. The van der Waals surface area contributed by atoms with Crippen molar-refractivity contribution in [1.29, 1.82) is 0 Å². The Labute approximate surface area is 171 Å². The average molecular weight is 408 g/mol. The summed E-state index contributed by atoms with van der Waals surface area (Å²) in [5.41, 5.74) is 2.19. The molecule has 0 aromatic carbocycles. The molecule has 2 unspecified atom stereocenters. The number of hydrogen-bond acceptors (Lipinski definition) is 3. The fourth-order valence-electron chi connectivity index (χ4n) is 6.70. The maximum atomic E-state index is 12.1. The third-order valence-corrected chi connectivity index (χ3v) is 8.77. The van der Waals surface area contributed by atoms with Gasteiger partial charge in [0.2, 0.25) is 15.9 Å². The lowest BCUT2D eigenvalue weighted by molar-refractivity contribution is -0.121. The molecule has 28 heavy (non-hydrogen) atoms. The van der Waals surface area contributed by atoms with Gasteiger partial charge < -0.3 is 0 Å². The smallest absolute Gasteiger partial charge is 0.233 e. The number of sulfonamides is 1. The van der Waals surface area contributed by atoms with E-state index in [1.165, 1.54) is 32.1 Å². The number of rotatable bonds is 5. The van der Waals surface area contributed by atoms with E-state index in [0.29, 0.717) is 11.8 Å². The highest BCUT2D eigenvalue weighted by Gasteiger charge is 2.54. The van der Waals surface area contributed by atoms with Crippen LogP contribution in [0.1, 0.15) is 78.6 Å². The summed E-state index contributed by atoms with van der Waals surface area (Å²) in [6.45, 7) is 11.2. The van der Waals surface area contributed by atoms with Crippen molar-refractivity contribution in [1.82, 2.24) is 4.72 Å². The maximum absolute atomic E-state index is 12.1. The van der Waals surface area contributed by atoms with Gasteiger partial charge in [-0.2, -0.15) is 0 Å². The molecule has 3 rings (SSSR count). The second-order valence-electron chi connectivity index (χ2n) is 10.5. The summed E-state index contributed by atoms with van der Waals surface area (Å²) in [6.07, 6.45) is 15.0. The molecule has 0 heterocycles. The molecule has 0 aliphatic heterocycles. The van der Waals surface area contributed by atoms with Crippen LogP contribution >= 0.6 is 0 Å². The first-order valence-electron chi connectivity index (χ1n) is 10.8. The number of amides is 1. The molecule has 158 valence electrons. The lowest BCUT2D eigenvalue weighted by atomic mass is 9.45. The van der Waals surface area contributed by atoms with Crippen LogP contribution in [0.3, 0.4) is 0 Å². The average Bonchev–Trinajstić information content (AvgIpc) is 2.58.